The van der Waals surface area contributed by atoms with Crippen molar-refractivity contribution in [1.29, 1.82) is 0 Å². The van der Waals surface area contributed by atoms with Crippen LogP contribution in [0.25, 0.3) is 59.4 Å². The van der Waals surface area contributed by atoms with Crippen molar-refractivity contribution >= 4 is 71.0 Å². The van der Waals surface area contributed by atoms with Crippen LogP contribution < -0.4 is 0 Å². The van der Waals surface area contributed by atoms with Crippen LogP contribution in [0, 0.1) is 0 Å². The molecule has 0 radical (unpaired) electrons. The van der Waals surface area contributed by atoms with Crippen molar-refractivity contribution in [3.05, 3.63) is 114 Å². The first-order valence-electron chi connectivity index (χ1n) is 12.4. The Morgan fingerprint density at radius 2 is 1.13 bits per heavy atom. The third kappa shape index (κ3) is 3.10. The largest absolute Gasteiger partial charge is 0.501 e. The topological polar surface area (TPSA) is 63.6 Å². The minimum Gasteiger partial charge on any atom is -0.501 e. The Balaban J connectivity index is 1.53. The number of carbonyl (C=O) groups excluding carboxylic acids is 2. The second kappa shape index (κ2) is 8.02. The van der Waals surface area contributed by atoms with Crippen molar-refractivity contribution in [3.63, 3.8) is 0 Å². The number of benzene rings is 6. The lowest BCUT2D eigenvalue weighted by Gasteiger charge is -2.20. The van der Waals surface area contributed by atoms with Gasteiger partial charge in [0.05, 0.1) is 7.11 Å². The maximum Gasteiger partial charge on any atom is 0.232 e. The maximum absolute atomic E-state index is 13.3. The summed E-state index contributed by atoms with van der Waals surface area (Å²) in [5, 5.41) is 21.2. The molecule has 4 heteroatoms. The molecular weight excluding hydrogens is 472 g/mol. The summed E-state index contributed by atoms with van der Waals surface area (Å²) in [6.45, 7) is 1.57. The van der Waals surface area contributed by atoms with Gasteiger partial charge in [-0.1, -0.05) is 54.6 Å². The highest BCUT2D eigenvalue weighted by molar-refractivity contribution is 6.39. The van der Waals surface area contributed by atoms with E-state index >= 15 is 0 Å². The molecule has 0 unspecified atom stereocenters. The van der Waals surface area contributed by atoms with Gasteiger partial charge in [-0.2, -0.15) is 0 Å². The van der Waals surface area contributed by atoms with Gasteiger partial charge < -0.3 is 9.84 Å². The normalized spacial score (nSPS) is 14.6. The SMILES string of the molecule is COC1=C(O)C(=O)C(C)=C(c2cccc3cc4ccc5cc6cc7ccccc7cc6cc5c4cc23)C1=O. The van der Waals surface area contributed by atoms with E-state index in [1.54, 1.807) is 6.92 Å². The number of aliphatic hydroxyl groups excluding tert-OH is 1. The van der Waals surface area contributed by atoms with Crippen molar-refractivity contribution in [1.82, 2.24) is 0 Å². The quantitative estimate of drug-likeness (QED) is 0.152. The molecule has 0 amide bonds. The predicted octanol–water partition coefficient (Wildman–Crippen LogP) is 7.79. The summed E-state index contributed by atoms with van der Waals surface area (Å²) in [5.74, 6) is -2.06. The Kier molecular flexibility index (Phi) is 4.70. The van der Waals surface area contributed by atoms with Crippen molar-refractivity contribution in [3.8, 4) is 0 Å². The lowest BCUT2D eigenvalue weighted by Crippen LogP contribution is -2.23. The van der Waals surface area contributed by atoms with Gasteiger partial charge in [0.25, 0.3) is 0 Å². The molecule has 0 bridgehead atoms. The summed E-state index contributed by atoms with van der Waals surface area (Å²) in [5.41, 5.74) is 1.11. The van der Waals surface area contributed by atoms with E-state index in [1.807, 2.05) is 18.2 Å². The number of hydrogen-bond acceptors (Lipinski definition) is 4. The molecule has 0 aromatic heterocycles. The molecule has 182 valence electrons. The van der Waals surface area contributed by atoms with E-state index in [4.69, 9.17) is 4.74 Å². The first-order valence-corrected chi connectivity index (χ1v) is 12.4. The van der Waals surface area contributed by atoms with Gasteiger partial charge in [0, 0.05) is 11.1 Å². The van der Waals surface area contributed by atoms with Gasteiger partial charge in [-0.15, -0.1) is 0 Å². The number of ether oxygens (including phenoxy) is 1. The summed E-state index contributed by atoms with van der Waals surface area (Å²) in [7, 11) is 1.28. The minimum atomic E-state index is -0.644. The molecule has 1 aliphatic carbocycles. The zero-order valence-electron chi connectivity index (χ0n) is 20.8. The van der Waals surface area contributed by atoms with E-state index in [2.05, 4.69) is 72.8 Å². The summed E-state index contributed by atoms with van der Waals surface area (Å²) in [6.07, 6.45) is 0. The number of rotatable bonds is 2. The Morgan fingerprint density at radius 1 is 0.579 bits per heavy atom. The van der Waals surface area contributed by atoms with Crippen LogP contribution in [0.15, 0.2) is 108 Å². The standard InChI is InChI=1S/C34H22O4/c1-18-30(32(36)34(38-2)33(37)31(18)35)26-9-5-8-21-14-22-10-11-23-15-24-12-19-6-3-4-7-20(19)13-25(24)16-27(23)29(22)17-28(21)26/h3-17,37H,1-2H3. The smallest absolute Gasteiger partial charge is 0.232 e. The molecule has 1 aliphatic rings. The minimum absolute atomic E-state index is 0.205. The van der Waals surface area contributed by atoms with Crippen LogP contribution in [0.5, 0.6) is 0 Å². The van der Waals surface area contributed by atoms with Crippen molar-refractivity contribution in [2.24, 2.45) is 0 Å². The Hall–Kier alpha value is -4.96. The fourth-order valence-electron chi connectivity index (χ4n) is 5.79. The molecule has 4 nitrogen and oxygen atoms in total. The lowest BCUT2D eigenvalue weighted by atomic mass is 9.85. The molecule has 38 heavy (non-hydrogen) atoms. The van der Waals surface area contributed by atoms with Gasteiger partial charge in [0.15, 0.2) is 0 Å². The van der Waals surface area contributed by atoms with E-state index in [-0.39, 0.29) is 16.9 Å². The predicted molar refractivity (Wildman–Crippen MR) is 153 cm³/mol. The summed E-state index contributed by atoms with van der Waals surface area (Å²) < 4.78 is 5.12. The molecule has 0 saturated carbocycles. The van der Waals surface area contributed by atoms with E-state index in [0.717, 1.165) is 37.7 Å². The van der Waals surface area contributed by atoms with Crippen molar-refractivity contribution in [2.75, 3.05) is 7.11 Å². The number of Topliss-reactive ketones (excluding diaryl/α,β-unsaturated/α-hetero) is 2. The molecule has 0 spiro atoms. The molecule has 6 aromatic rings. The van der Waals surface area contributed by atoms with Gasteiger partial charge >= 0.3 is 0 Å². The van der Waals surface area contributed by atoms with Gasteiger partial charge in [0.1, 0.15) is 0 Å². The molecule has 0 saturated heterocycles. The number of aliphatic hydroxyl groups is 1. The van der Waals surface area contributed by atoms with Crippen LogP contribution >= 0.6 is 0 Å². The number of hydrogen-bond donors (Lipinski definition) is 1. The Bertz CT molecular complexity index is 2110. The monoisotopic (exact) mass is 494 g/mol. The van der Waals surface area contributed by atoms with Crippen LogP contribution in [-0.4, -0.2) is 23.8 Å². The maximum atomic E-state index is 13.3. The number of ketones is 2. The second-order valence-electron chi connectivity index (χ2n) is 9.83. The molecule has 6 aromatic carbocycles. The lowest BCUT2D eigenvalue weighted by molar-refractivity contribution is -0.119. The van der Waals surface area contributed by atoms with Gasteiger partial charge in [-0.3, -0.25) is 9.59 Å². The number of fused-ring (bicyclic) bond motifs is 6. The average molecular weight is 495 g/mol. The third-order valence-electron chi connectivity index (χ3n) is 7.71. The van der Waals surface area contributed by atoms with Crippen LogP contribution in [0.4, 0.5) is 0 Å². The zero-order valence-corrected chi connectivity index (χ0v) is 20.8. The van der Waals surface area contributed by atoms with Crippen LogP contribution in [0.2, 0.25) is 0 Å². The Morgan fingerprint density at radius 3 is 1.82 bits per heavy atom. The summed E-state index contributed by atoms with van der Waals surface area (Å²) in [6, 6.07) is 31.5. The second-order valence-corrected chi connectivity index (χ2v) is 9.83. The van der Waals surface area contributed by atoms with E-state index in [1.165, 1.54) is 23.3 Å². The highest BCUT2D eigenvalue weighted by Crippen LogP contribution is 2.38. The van der Waals surface area contributed by atoms with E-state index in [9.17, 15) is 14.7 Å². The van der Waals surface area contributed by atoms with E-state index in [0.29, 0.717) is 5.56 Å². The van der Waals surface area contributed by atoms with Crippen LogP contribution in [-0.2, 0) is 14.3 Å². The van der Waals surface area contributed by atoms with Crippen LogP contribution in [0.3, 0.4) is 0 Å². The number of allylic oxidation sites excluding steroid dienone is 2. The summed E-state index contributed by atoms with van der Waals surface area (Å²) in [4.78, 5) is 26.1. The van der Waals surface area contributed by atoms with Gasteiger partial charge in [-0.05, 0) is 103 Å². The third-order valence-corrected chi connectivity index (χ3v) is 7.71. The highest BCUT2D eigenvalue weighted by atomic mass is 16.5. The fourth-order valence-corrected chi connectivity index (χ4v) is 5.79. The van der Waals surface area contributed by atoms with Crippen molar-refractivity contribution < 1.29 is 19.4 Å². The zero-order chi connectivity index (χ0) is 26.1. The molecule has 0 aliphatic heterocycles. The van der Waals surface area contributed by atoms with Gasteiger partial charge in [-0.25, -0.2) is 0 Å². The van der Waals surface area contributed by atoms with Crippen LogP contribution in [0.1, 0.15) is 12.5 Å². The first kappa shape index (κ1) is 22.3. The molecule has 7 rings (SSSR count). The average Bonchev–Trinajstić information content (AvgIpc) is 2.93. The molecule has 0 heterocycles. The molecule has 0 atom stereocenters. The van der Waals surface area contributed by atoms with E-state index < -0.39 is 17.3 Å². The molecule has 1 N–H and O–H groups in total. The van der Waals surface area contributed by atoms with Crippen molar-refractivity contribution in [2.45, 2.75) is 6.92 Å². The number of methoxy groups -OCH3 is 1. The molecular formula is C34H22O4. The highest BCUT2D eigenvalue weighted by Gasteiger charge is 2.35. The van der Waals surface area contributed by atoms with Gasteiger partial charge in [0.2, 0.25) is 23.1 Å². The molecule has 0 fully saturated rings. The fraction of sp³-hybridized carbons (Fsp3) is 0.0588. The first-order chi connectivity index (χ1) is 18.4. The number of carbonyl (C=O) groups is 2. The summed E-state index contributed by atoms with van der Waals surface area (Å²) >= 11 is 0. The Labute approximate surface area is 218 Å².